The maximum Gasteiger partial charge on any atom is 0.261 e. The van der Waals surface area contributed by atoms with Crippen LogP contribution < -0.4 is 10.1 Å². The second-order valence-electron chi connectivity index (χ2n) is 6.94. The van der Waals surface area contributed by atoms with Gasteiger partial charge < -0.3 is 15.0 Å². The number of nitrogens with one attached hydrogen (secondary N) is 1. The fraction of sp³-hybridized carbons (Fsp3) is 0.364. The highest BCUT2D eigenvalue weighted by Crippen LogP contribution is 2.20. The fourth-order valence-corrected chi connectivity index (χ4v) is 3.06. The topological polar surface area (TPSA) is 58.6 Å². The number of amides is 2. The number of carbonyl (C=O) groups excluding carboxylic acids is 2. The van der Waals surface area contributed by atoms with E-state index in [1.807, 2.05) is 32.9 Å². The van der Waals surface area contributed by atoms with Crippen LogP contribution in [-0.2, 0) is 16.1 Å². The number of hydrogen-bond acceptors (Lipinski definition) is 3. The minimum absolute atomic E-state index is 0.0516. The van der Waals surface area contributed by atoms with E-state index in [4.69, 9.17) is 16.3 Å². The second kappa shape index (κ2) is 10.8. The van der Waals surface area contributed by atoms with Gasteiger partial charge in [-0.15, -0.1) is 0 Å². The largest absolute Gasteiger partial charge is 0.484 e. The summed E-state index contributed by atoms with van der Waals surface area (Å²) in [7, 11) is 0. The lowest BCUT2D eigenvalue weighted by Crippen LogP contribution is -2.51. The highest BCUT2D eigenvalue weighted by molar-refractivity contribution is 6.31. The number of rotatable bonds is 9. The van der Waals surface area contributed by atoms with Gasteiger partial charge in [-0.2, -0.15) is 0 Å². The quantitative estimate of drug-likeness (QED) is 0.661. The Morgan fingerprint density at radius 1 is 1.14 bits per heavy atom. The molecule has 0 bridgehead atoms. The lowest BCUT2D eigenvalue weighted by molar-refractivity contribution is -0.143. The molecule has 0 fully saturated rings. The Morgan fingerprint density at radius 3 is 2.38 bits per heavy atom. The molecule has 5 nitrogen and oxygen atoms in total. The van der Waals surface area contributed by atoms with Gasteiger partial charge in [-0.1, -0.05) is 36.7 Å². The summed E-state index contributed by atoms with van der Waals surface area (Å²) in [5.74, 6) is -0.609. The van der Waals surface area contributed by atoms with Crippen LogP contribution in [0, 0.1) is 5.82 Å². The number of hydrogen-bond donors (Lipinski definition) is 1. The van der Waals surface area contributed by atoms with E-state index in [0.29, 0.717) is 17.2 Å². The predicted octanol–water partition coefficient (Wildman–Crippen LogP) is 4.19. The van der Waals surface area contributed by atoms with Crippen LogP contribution in [0.25, 0.3) is 0 Å². The van der Waals surface area contributed by atoms with Gasteiger partial charge in [0.15, 0.2) is 6.61 Å². The molecule has 0 unspecified atom stereocenters. The molecule has 7 heteroatoms. The molecular weight excluding hydrogens is 395 g/mol. The van der Waals surface area contributed by atoms with Gasteiger partial charge in [0.25, 0.3) is 5.91 Å². The maximum atomic E-state index is 13.1. The van der Waals surface area contributed by atoms with E-state index in [9.17, 15) is 14.0 Å². The maximum absolute atomic E-state index is 13.1. The monoisotopic (exact) mass is 420 g/mol. The molecule has 0 radical (unpaired) electrons. The average molecular weight is 421 g/mol. The first kappa shape index (κ1) is 22.7. The molecule has 0 aromatic heterocycles. The SMILES string of the molecule is CC[C@@H](C(=O)NC(C)C)N(Cc1ccccc1Cl)C(=O)COc1ccc(F)cc1. The summed E-state index contributed by atoms with van der Waals surface area (Å²) in [6.45, 7) is 5.47. The highest BCUT2D eigenvalue weighted by Gasteiger charge is 2.29. The van der Waals surface area contributed by atoms with Crippen LogP contribution in [0.5, 0.6) is 5.75 Å². The summed E-state index contributed by atoms with van der Waals surface area (Å²) in [5, 5.41) is 3.38. The molecule has 0 spiro atoms. The molecule has 2 rings (SSSR count). The van der Waals surface area contributed by atoms with Crippen LogP contribution in [0.1, 0.15) is 32.8 Å². The van der Waals surface area contributed by atoms with Crippen molar-refractivity contribution in [3.63, 3.8) is 0 Å². The van der Waals surface area contributed by atoms with E-state index in [2.05, 4.69) is 5.32 Å². The van der Waals surface area contributed by atoms with E-state index in [1.165, 1.54) is 29.2 Å². The zero-order valence-electron chi connectivity index (χ0n) is 16.8. The van der Waals surface area contributed by atoms with Gasteiger partial charge in [-0.3, -0.25) is 9.59 Å². The van der Waals surface area contributed by atoms with Gasteiger partial charge in [-0.25, -0.2) is 4.39 Å². The van der Waals surface area contributed by atoms with Crippen molar-refractivity contribution in [1.82, 2.24) is 10.2 Å². The lowest BCUT2D eigenvalue weighted by Gasteiger charge is -2.31. The van der Waals surface area contributed by atoms with Crippen molar-refractivity contribution in [2.45, 2.75) is 45.8 Å². The van der Waals surface area contributed by atoms with Gasteiger partial charge in [0.1, 0.15) is 17.6 Å². The lowest BCUT2D eigenvalue weighted by atomic mass is 10.1. The summed E-state index contributed by atoms with van der Waals surface area (Å²) >= 11 is 6.27. The molecule has 0 heterocycles. The fourth-order valence-electron chi connectivity index (χ4n) is 2.87. The van der Waals surface area contributed by atoms with E-state index in [1.54, 1.807) is 12.1 Å². The summed E-state index contributed by atoms with van der Waals surface area (Å²) in [6, 6.07) is 11.9. The third kappa shape index (κ3) is 6.75. The zero-order valence-corrected chi connectivity index (χ0v) is 17.6. The van der Waals surface area contributed by atoms with Gasteiger partial charge in [0, 0.05) is 17.6 Å². The van der Waals surface area contributed by atoms with Crippen LogP contribution in [0.4, 0.5) is 4.39 Å². The summed E-state index contributed by atoms with van der Waals surface area (Å²) < 4.78 is 18.6. The molecule has 1 N–H and O–H groups in total. The molecule has 0 saturated carbocycles. The normalized spacial score (nSPS) is 11.8. The standard InChI is InChI=1S/C22H26ClFN2O3/c1-4-20(22(28)25-15(2)3)26(13-16-7-5-6-8-19(16)23)21(27)14-29-18-11-9-17(24)10-12-18/h5-12,15,20H,4,13-14H2,1-3H3,(H,25,28)/t20-/m0/s1. The minimum Gasteiger partial charge on any atom is -0.484 e. The third-order valence-electron chi connectivity index (χ3n) is 4.29. The minimum atomic E-state index is -0.669. The van der Waals surface area contributed by atoms with Crippen LogP contribution in [-0.4, -0.2) is 35.4 Å². The average Bonchev–Trinajstić information content (AvgIpc) is 2.68. The first-order valence-corrected chi connectivity index (χ1v) is 9.91. The van der Waals surface area contributed by atoms with E-state index in [-0.39, 0.29) is 36.8 Å². The van der Waals surface area contributed by atoms with Crippen molar-refractivity contribution in [3.8, 4) is 5.75 Å². The second-order valence-corrected chi connectivity index (χ2v) is 7.35. The molecule has 1 atom stereocenters. The van der Waals surface area contributed by atoms with Crippen molar-refractivity contribution >= 4 is 23.4 Å². The first-order valence-electron chi connectivity index (χ1n) is 9.53. The predicted molar refractivity (Wildman–Crippen MR) is 111 cm³/mol. The zero-order chi connectivity index (χ0) is 21.4. The van der Waals surface area contributed by atoms with Crippen molar-refractivity contribution in [2.24, 2.45) is 0 Å². The van der Waals surface area contributed by atoms with Crippen molar-refractivity contribution in [3.05, 3.63) is 64.9 Å². The van der Waals surface area contributed by atoms with E-state index < -0.39 is 6.04 Å². The van der Waals surface area contributed by atoms with Crippen LogP contribution in [0.15, 0.2) is 48.5 Å². The number of ether oxygens (including phenoxy) is 1. The Balaban J connectivity index is 2.21. The molecule has 29 heavy (non-hydrogen) atoms. The van der Waals surface area contributed by atoms with Crippen molar-refractivity contribution < 1.29 is 18.7 Å². The Morgan fingerprint density at radius 2 is 1.79 bits per heavy atom. The molecule has 0 aliphatic carbocycles. The first-order chi connectivity index (χ1) is 13.8. The van der Waals surface area contributed by atoms with Gasteiger partial charge in [-0.05, 0) is 56.2 Å². The molecule has 2 amide bonds. The molecule has 2 aromatic rings. The van der Waals surface area contributed by atoms with Crippen LogP contribution >= 0.6 is 11.6 Å². The number of nitrogens with zero attached hydrogens (tertiary/aromatic N) is 1. The van der Waals surface area contributed by atoms with Crippen molar-refractivity contribution in [1.29, 1.82) is 0 Å². The van der Waals surface area contributed by atoms with E-state index in [0.717, 1.165) is 5.56 Å². The van der Waals surface area contributed by atoms with E-state index >= 15 is 0 Å². The number of halogens is 2. The van der Waals surface area contributed by atoms with Gasteiger partial charge >= 0.3 is 0 Å². The van der Waals surface area contributed by atoms with Crippen LogP contribution in [0.3, 0.4) is 0 Å². The molecule has 2 aromatic carbocycles. The highest BCUT2D eigenvalue weighted by atomic mass is 35.5. The third-order valence-corrected chi connectivity index (χ3v) is 4.66. The summed E-state index contributed by atoms with van der Waals surface area (Å²) in [4.78, 5) is 27.2. The Kier molecular flexibility index (Phi) is 8.46. The van der Waals surface area contributed by atoms with Gasteiger partial charge in [0.2, 0.25) is 5.91 Å². The Hall–Kier alpha value is -2.60. The number of benzene rings is 2. The number of carbonyl (C=O) groups is 2. The van der Waals surface area contributed by atoms with Crippen molar-refractivity contribution in [2.75, 3.05) is 6.61 Å². The summed E-state index contributed by atoms with van der Waals surface area (Å²) in [5.41, 5.74) is 0.736. The summed E-state index contributed by atoms with van der Waals surface area (Å²) in [6.07, 6.45) is 0.436. The molecule has 156 valence electrons. The smallest absolute Gasteiger partial charge is 0.261 e. The molecular formula is C22H26ClFN2O3. The molecule has 0 saturated heterocycles. The Labute approximate surface area is 175 Å². The van der Waals surface area contributed by atoms with Gasteiger partial charge in [0.05, 0.1) is 0 Å². The Bertz CT molecular complexity index is 827. The molecule has 0 aliphatic heterocycles. The molecule has 0 aliphatic rings. The van der Waals surface area contributed by atoms with Crippen LogP contribution in [0.2, 0.25) is 5.02 Å².